The Bertz CT molecular complexity index is 1760. The number of hydrogen-bond acceptors (Lipinski definition) is 7. The molecule has 37 heavy (non-hydrogen) atoms. The van der Waals surface area contributed by atoms with E-state index in [1.54, 1.807) is 16.3 Å². The zero-order valence-corrected chi connectivity index (χ0v) is 21.8. The maximum atomic E-state index is 10.1. The molecule has 0 spiro atoms. The highest BCUT2D eigenvalue weighted by Crippen LogP contribution is 2.32. The van der Waals surface area contributed by atoms with E-state index in [4.69, 9.17) is 14.8 Å². The number of anilines is 1. The van der Waals surface area contributed by atoms with Crippen LogP contribution in [0.4, 0.5) is 5.69 Å². The van der Waals surface area contributed by atoms with Gasteiger partial charge < -0.3 is 9.32 Å². The zero-order chi connectivity index (χ0) is 26.1. The summed E-state index contributed by atoms with van der Waals surface area (Å²) in [5.74, 6) is 0. The molecule has 5 aromatic rings. The molecule has 0 amide bonds. The van der Waals surface area contributed by atoms with E-state index in [-0.39, 0.29) is 11.1 Å². The lowest BCUT2D eigenvalue weighted by atomic mass is 10.1. The molecule has 0 radical (unpaired) electrons. The first-order valence-electron chi connectivity index (χ1n) is 12.2. The second-order valence-electron chi connectivity index (χ2n) is 8.66. The van der Waals surface area contributed by atoms with Gasteiger partial charge >= 0.3 is 0 Å². The molecule has 0 saturated carbocycles. The minimum absolute atomic E-state index is 0.0617. The summed E-state index contributed by atoms with van der Waals surface area (Å²) >= 11 is 1.59. The minimum atomic E-state index is 0.0617. The van der Waals surface area contributed by atoms with Crippen LogP contribution in [0.2, 0.25) is 0 Å². The number of hydrogen-bond donors (Lipinski definition) is 1. The molecule has 186 valence electrons. The zero-order valence-electron chi connectivity index (χ0n) is 21.0. The van der Waals surface area contributed by atoms with Crippen molar-refractivity contribution in [2.45, 2.75) is 18.7 Å². The highest BCUT2D eigenvalue weighted by atomic mass is 32.2. The Morgan fingerprint density at radius 1 is 1.11 bits per heavy atom. The molecular formula is C29H28N6OS. The van der Waals surface area contributed by atoms with Crippen LogP contribution in [-0.2, 0) is 0 Å². The highest BCUT2D eigenvalue weighted by molar-refractivity contribution is 7.97. The van der Waals surface area contributed by atoms with Crippen LogP contribution in [-0.4, -0.2) is 39.9 Å². The Morgan fingerprint density at radius 3 is 2.54 bits per heavy atom. The highest BCUT2D eigenvalue weighted by Gasteiger charge is 2.19. The van der Waals surface area contributed by atoms with Crippen LogP contribution in [0.25, 0.3) is 38.6 Å². The van der Waals surface area contributed by atoms with Crippen LogP contribution in [0.5, 0.6) is 0 Å². The van der Waals surface area contributed by atoms with Crippen molar-refractivity contribution in [3.8, 4) is 6.07 Å². The summed E-state index contributed by atoms with van der Waals surface area (Å²) in [5.41, 5.74) is 4.51. The molecule has 0 bridgehead atoms. The molecule has 0 aliphatic carbocycles. The standard InChI is InChI=1S/C29H28N6OS/c1-5-13-34(14-6-2)37-21-11-12-24-25(17-21)35-28(31)23(18-30)27-22(29(35)32-24)15-19-9-10-20(16-26(19)36-27)33(7-3)8-4/h5-6,9-12,15-17,31H,1-2,7-8,13-14H2,3-4H3. The molecular weight excluding hydrogens is 480 g/mol. The number of rotatable bonds is 9. The number of benzene rings is 2. The third kappa shape index (κ3) is 4.26. The Morgan fingerprint density at radius 2 is 1.86 bits per heavy atom. The Kier molecular flexibility index (Phi) is 6.74. The third-order valence-electron chi connectivity index (χ3n) is 6.45. The van der Waals surface area contributed by atoms with Crippen molar-refractivity contribution in [3.63, 3.8) is 0 Å². The summed E-state index contributed by atoms with van der Waals surface area (Å²) in [7, 11) is 0. The predicted octanol–water partition coefficient (Wildman–Crippen LogP) is 6.27. The number of nitriles is 1. The van der Waals surface area contributed by atoms with E-state index < -0.39 is 0 Å². The molecule has 3 heterocycles. The van der Waals surface area contributed by atoms with Crippen molar-refractivity contribution < 1.29 is 4.42 Å². The molecule has 0 aliphatic rings. The van der Waals surface area contributed by atoms with Crippen LogP contribution in [0, 0.1) is 16.7 Å². The fourth-order valence-electron chi connectivity index (χ4n) is 4.68. The molecule has 0 fully saturated rings. The maximum absolute atomic E-state index is 10.1. The molecule has 0 atom stereocenters. The molecule has 1 N–H and O–H groups in total. The van der Waals surface area contributed by atoms with Crippen molar-refractivity contribution in [3.05, 3.63) is 78.8 Å². The first kappa shape index (κ1) is 24.6. The van der Waals surface area contributed by atoms with Gasteiger partial charge in [-0.05, 0) is 62.2 Å². The summed E-state index contributed by atoms with van der Waals surface area (Å²) in [6, 6.07) is 16.3. The van der Waals surface area contributed by atoms with E-state index in [1.165, 1.54) is 0 Å². The Labute approximate surface area is 219 Å². The minimum Gasteiger partial charge on any atom is -0.454 e. The predicted molar refractivity (Wildman–Crippen MR) is 152 cm³/mol. The summed E-state index contributed by atoms with van der Waals surface area (Å²) in [6.07, 6.45) is 3.71. The van der Waals surface area contributed by atoms with Gasteiger partial charge in [-0.25, -0.2) is 9.29 Å². The number of nitrogens with zero attached hydrogens (tertiary/aromatic N) is 5. The van der Waals surface area contributed by atoms with Crippen molar-refractivity contribution >= 4 is 56.3 Å². The smallest absolute Gasteiger partial charge is 0.159 e. The van der Waals surface area contributed by atoms with Gasteiger partial charge in [-0.2, -0.15) is 5.26 Å². The summed E-state index contributed by atoms with van der Waals surface area (Å²) in [5, 5.41) is 20.6. The van der Waals surface area contributed by atoms with Gasteiger partial charge in [0, 0.05) is 48.2 Å². The van der Waals surface area contributed by atoms with Crippen LogP contribution < -0.4 is 10.4 Å². The molecule has 0 unspecified atom stereocenters. The fraction of sp³-hybridized carbons (Fsp3) is 0.207. The lowest BCUT2D eigenvalue weighted by Gasteiger charge is -2.21. The van der Waals surface area contributed by atoms with Crippen LogP contribution >= 0.6 is 11.9 Å². The SMILES string of the molecule is C=CCN(CC=C)Sc1ccc2nc3c4cc5ccc(N(CC)CC)cc5oc4c(C#N)c(=N)n3c2c1. The average molecular weight is 509 g/mol. The van der Waals surface area contributed by atoms with E-state index in [0.717, 1.165) is 40.1 Å². The lowest BCUT2D eigenvalue weighted by molar-refractivity contribution is 0.579. The first-order chi connectivity index (χ1) is 18.0. The van der Waals surface area contributed by atoms with E-state index in [0.29, 0.717) is 35.3 Å². The fourth-order valence-corrected chi connectivity index (χ4v) is 5.63. The van der Waals surface area contributed by atoms with Crippen molar-refractivity contribution in [2.24, 2.45) is 0 Å². The van der Waals surface area contributed by atoms with E-state index in [9.17, 15) is 5.26 Å². The quantitative estimate of drug-likeness (QED) is 0.144. The van der Waals surface area contributed by atoms with E-state index >= 15 is 0 Å². The van der Waals surface area contributed by atoms with E-state index in [2.05, 4.69) is 48.3 Å². The van der Waals surface area contributed by atoms with Gasteiger partial charge in [0.2, 0.25) is 0 Å². The van der Waals surface area contributed by atoms with E-state index in [1.807, 2.05) is 48.6 Å². The van der Waals surface area contributed by atoms with Gasteiger partial charge in [-0.15, -0.1) is 13.2 Å². The maximum Gasteiger partial charge on any atom is 0.159 e. The first-order valence-corrected chi connectivity index (χ1v) is 13.0. The number of pyridine rings is 1. The summed E-state index contributed by atoms with van der Waals surface area (Å²) in [4.78, 5) is 8.11. The van der Waals surface area contributed by atoms with Gasteiger partial charge in [0.15, 0.2) is 16.7 Å². The molecule has 8 heteroatoms. The molecule has 5 rings (SSSR count). The molecule has 2 aromatic carbocycles. The summed E-state index contributed by atoms with van der Waals surface area (Å²) in [6.45, 7) is 15.1. The Hall–Kier alpha value is -4.06. The van der Waals surface area contributed by atoms with Gasteiger partial charge in [0.05, 0.1) is 16.4 Å². The van der Waals surface area contributed by atoms with Gasteiger partial charge in [-0.3, -0.25) is 9.81 Å². The topological polar surface area (TPSA) is 84.6 Å². The monoisotopic (exact) mass is 508 g/mol. The van der Waals surface area contributed by atoms with Gasteiger partial charge in [0.1, 0.15) is 17.2 Å². The number of aromatic nitrogens is 2. The van der Waals surface area contributed by atoms with Crippen LogP contribution in [0.1, 0.15) is 19.4 Å². The lowest BCUT2D eigenvalue weighted by Crippen LogP contribution is -2.21. The molecule has 0 aliphatic heterocycles. The number of imidazole rings is 1. The summed E-state index contributed by atoms with van der Waals surface area (Å²) < 4.78 is 10.2. The van der Waals surface area contributed by atoms with Crippen molar-refractivity contribution in [1.29, 1.82) is 10.7 Å². The molecule has 3 aromatic heterocycles. The van der Waals surface area contributed by atoms with Crippen molar-refractivity contribution in [1.82, 2.24) is 13.7 Å². The molecule has 0 saturated heterocycles. The normalized spacial score (nSPS) is 11.5. The largest absolute Gasteiger partial charge is 0.454 e. The van der Waals surface area contributed by atoms with Crippen LogP contribution in [0.15, 0.2) is 77.1 Å². The van der Waals surface area contributed by atoms with Crippen LogP contribution in [0.3, 0.4) is 0 Å². The second-order valence-corrected chi connectivity index (χ2v) is 9.83. The Balaban J connectivity index is 1.75. The average Bonchev–Trinajstić information content (AvgIpc) is 3.28. The molecule has 7 nitrogen and oxygen atoms in total. The van der Waals surface area contributed by atoms with Gasteiger partial charge in [0.25, 0.3) is 0 Å². The third-order valence-corrected chi connectivity index (χ3v) is 7.47. The second kappa shape index (κ2) is 10.1. The number of nitrogens with one attached hydrogen (secondary N) is 1. The van der Waals surface area contributed by atoms with Gasteiger partial charge in [-0.1, -0.05) is 12.2 Å². The number of fused-ring (bicyclic) bond motifs is 6. The van der Waals surface area contributed by atoms with Crippen molar-refractivity contribution in [2.75, 3.05) is 31.1 Å².